The molecule has 1 heterocycles. The molecule has 8 heteroatoms. The molecule has 0 saturated carbocycles. The van der Waals surface area contributed by atoms with E-state index in [0.717, 1.165) is 35.7 Å². The van der Waals surface area contributed by atoms with Crippen LogP contribution in [0.4, 0.5) is 4.39 Å². The van der Waals surface area contributed by atoms with Crippen LogP contribution in [0.15, 0.2) is 34.3 Å². The Labute approximate surface area is 188 Å². The van der Waals surface area contributed by atoms with E-state index in [2.05, 4.69) is 35.7 Å². The third-order valence-electron chi connectivity index (χ3n) is 4.88. The third kappa shape index (κ3) is 5.62. The molecule has 28 heavy (non-hydrogen) atoms. The van der Waals surface area contributed by atoms with Crippen LogP contribution in [0.3, 0.4) is 0 Å². The molecule has 1 aromatic heterocycles. The van der Waals surface area contributed by atoms with E-state index in [0.29, 0.717) is 18.6 Å². The molecule has 0 fully saturated rings. The zero-order chi connectivity index (χ0) is 19.4. The second-order valence-electron chi connectivity index (χ2n) is 7.14. The van der Waals surface area contributed by atoms with E-state index in [9.17, 15) is 4.39 Å². The number of benzene rings is 1. The molecule has 0 saturated heterocycles. The summed E-state index contributed by atoms with van der Waals surface area (Å²) in [5.41, 5.74) is 3.47. The van der Waals surface area contributed by atoms with Crippen molar-refractivity contribution >= 4 is 41.7 Å². The maximum atomic E-state index is 13.6. The van der Waals surface area contributed by atoms with Gasteiger partial charge in [0.15, 0.2) is 5.96 Å². The maximum Gasteiger partial charge on any atom is 0.191 e. The van der Waals surface area contributed by atoms with Crippen LogP contribution in [0.2, 0.25) is 0 Å². The summed E-state index contributed by atoms with van der Waals surface area (Å²) in [6, 6.07) is 5.58. The second kappa shape index (κ2) is 10.5. The number of hydrogen-bond donors (Lipinski definition) is 2. The van der Waals surface area contributed by atoms with Crippen molar-refractivity contribution in [2.45, 2.75) is 56.6 Å². The largest absolute Gasteiger partial charge is 0.353 e. The zero-order valence-corrected chi connectivity index (χ0v) is 20.0. The lowest BCUT2D eigenvalue weighted by molar-refractivity contribution is 0.499. The summed E-state index contributed by atoms with van der Waals surface area (Å²) in [4.78, 5) is 5.40. The van der Waals surface area contributed by atoms with Gasteiger partial charge in [-0.15, -0.1) is 35.7 Å². The van der Waals surface area contributed by atoms with E-state index < -0.39 is 0 Å². The Bertz CT molecular complexity index is 821. The summed E-state index contributed by atoms with van der Waals surface area (Å²) in [5, 5.41) is 11.5. The Morgan fingerprint density at radius 2 is 2.21 bits per heavy atom. The van der Waals surface area contributed by atoms with Crippen molar-refractivity contribution in [3.8, 4) is 0 Å². The van der Waals surface area contributed by atoms with Crippen LogP contribution in [0.1, 0.15) is 43.1 Å². The molecule has 2 aromatic rings. The molecule has 1 aliphatic carbocycles. The number of aromatic nitrogens is 2. The highest BCUT2D eigenvalue weighted by molar-refractivity contribution is 14.0. The highest BCUT2D eigenvalue weighted by Crippen LogP contribution is 2.22. The van der Waals surface area contributed by atoms with Crippen molar-refractivity contribution in [1.29, 1.82) is 0 Å². The highest BCUT2D eigenvalue weighted by Gasteiger charge is 2.23. The molecule has 1 aromatic carbocycles. The summed E-state index contributed by atoms with van der Waals surface area (Å²) in [6.45, 7) is 4.83. The molecule has 2 N–H and O–H groups in total. The molecule has 1 unspecified atom stereocenters. The number of nitrogens with zero attached hydrogens (tertiary/aromatic N) is 3. The van der Waals surface area contributed by atoms with Crippen LogP contribution in [0.5, 0.6) is 0 Å². The van der Waals surface area contributed by atoms with Gasteiger partial charge in [-0.3, -0.25) is 9.67 Å². The quantitative estimate of drug-likeness (QED) is 0.271. The van der Waals surface area contributed by atoms with Gasteiger partial charge >= 0.3 is 0 Å². The fourth-order valence-corrected chi connectivity index (χ4v) is 3.95. The predicted octanol–water partition coefficient (Wildman–Crippen LogP) is 4.17. The number of rotatable bonds is 5. The van der Waals surface area contributed by atoms with Crippen LogP contribution in [-0.4, -0.2) is 35.1 Å². The van der Waals surface area contributed by atoms with Gasteiger partial charge in [0.05, 0.1) is 5.69 Å². The maximum absolute atomic E-state index is 13.6. The molecular formula is C20H29FIN5S. The van der Waals surface area contributed by atoms with E-state index in [1.54, 1.807) is 24.9 Å². The summed E-state index contributed by atoms with van der Waals surface area (Å²) in [6.07, 6.45) is 7.15. The summed E-state index contributed by atoms with van der Waals surface area (Å²) in [5.74, 6) is 0.524. The lowest BCUT2D eigenvalue weighted by atomic mass is 9.94. The van der Waals surface area contributed by atoms with Gasteiger partial charge in [0.1, 0.15) is 5.82 Å². The first-order valence-electron chi connectivity index (χ1n) is 9.36. The predicted molar refractivity (Wildman–Crippen MR) is 125 cm³/mol. The number of aryl methyl sites for hydroxylation is 1. The van der Waals surface area contributed by atoms with Crippen LogP contribution in [0.25, 0.3) is 0 Å². The van der Waals surface area contributed by atoms with Gasteiger partial charge in [-0.05, 0) is 62.3 Å². The zero-order valence-electron chi connectivity index (χ0n) is 16.8. The van der Waals surface area contributed by atoms with Gasteiger partial charge in [0.2, 0.25) is 0 Å². The van der Waals surface area contributed by atoms with Gasteiger partial charge in [-0.2, -0.15) is 5.10 Å². The lowest BCUT2D eigenvalue weighted by Crippen LogP contribution is -2.45. The Morgan fingerprint density at radius 1 is 1.43 bits per heavy atom. The minimum absolute atomic E-state index is 0. The first-order chi connectivity index (χ1) is 13.0. The Morgan fingerprint density at radius 3 is 2.89 bits per heavy atom. The highest BCUT2D eigenvalue weighted by atomic mass is 127. The van der Waals surface area contributed by atoms with Crippen molar-refractivity contribution in [3.05, 3.63) is 47.0 Å². The number of nitrogens with one attached hydrogen (secondary N) is 2. The fourth-order valence-electron chi connectivity index (χ4n) is 3.35. The van der Waals surface area contributed by atoms with Crippen molar-refractivity contribution in [1.82, 2.24) is 20.4 Å². The number of fused-ring (bicyclic) bond motifs is 1. The van der Waals surface area contributed by atoms with Crippen molar-refractivity contribution < 1.29 is 4.39 Å². The number of hydrogen-bond acceptors (Lipinski definition) is 3. The van der Waals surface area contributed by atoms with Crippen molar-refractivity contribution in [2.75, 3.05) is 13.3 Å². The van der Waals surface area contributed by atoms with Gasteiger partial charge in [0, 0.05) is 43.2 Å². The molecule has 0 bridgehead atoms. The SMILES string of the molecule is CN=C(NCc1cc(F)ccc1SC)NC1CCc2cn(C(C)C)nc2C1.I. The van der Waals surface area contributed by atoms with Crippen LogP contribution >= 0.6 is 35.7 Å². The number of aliphatic imine (C=N–C) groups is 1. The fraction of sp³-hybridized carbons (Fsp3) is 0.500. The molecule has 0 aliphatic heterocycles. The molecule has 0 radical (unpaired) electrons. The number of thioether (sulfide) groups is 1. The summed E-state index contributed by atoms with van der Waals surface area (Å²) < 4.78 is 15.6. The Kier molecular flexibility index (Phi) is 8.60. The van der Waals surface area contributed by atoms with E-state index >= 15 is 0 Å². The molecule has 1 atom stereocenters. The lowest BCUT2D eigenvalue weighted by Gasteiger charge is -2.24. The van der Waals surface area contributed by atoms with Gasteiger partial charge in [-0.25, -0.2) is 4.39 Å². The van der Waals surface area contributed by atoms with Crippen LogP contribution in [-0.2, 0) is 19.4 Å². The topological polar surface area (TPSA) is 54.2 Å². The standard InChI is InChI=1S/C20H28FN5S.HI/c1-13(2)26-12-14-5-7-17(10-18(14)25-26)24-20(22-3)23-11-15-9-16(21)6-8-19(15)27-4;/h6,8-9,12-13,17H,5,7,10-11H2,1-4H3,(H2,22,23,24);1H. The van der Waals surface area contributed by atoms with E-state index in [4.69, 9.17) is 5.10 Å². The molecular weight excluding hydrogens is 488 g/mol. The van der Waals surface area contributed by atoms with Gasteiger partial charge in [0.25, 0.3) is 0 Å². The Balaban J connectivity index is 0.00000280. The third-order valence-corrected chi connectivity index (χ3v) is 5.72. The minimum atomic E-state index is -0.215. The van der Waals surface area contributed by atoms with Crippen LogP contribution in [0, 0.1) is 5.82 Å². The normalized spacial score (nSPS) is 16.5. The number of halogens is 2. The monoisotopic (exact) mass is 517 g/mol. The molecule has 1 aliphatic rings. The minimum Gasteiger partial charge on any atom is -0.353 e. The second-order valence-corrected chi connectivity index (χ2v) is 7.99. The first kappa shape index (κ1) is 23.0. The van der Waals surface area contributed by atoms with Gasteiger partial charge < -0.3 is 10.6 Å². The summed E-state index contributed by atoms with van der Waals surface area (Å²) >= 11 is 1.62. The first-order valence-corrected chi connectivity index (χ1v) is 10.6. The van der Waals surface area contributed by atoms with E-state index in [1.807, 2.05) is 17.0 Å². The average Bonchev–Trinajstić information content (AvgIpc) is 3.09. The average molecular weight is 517 g/mol. The molecule has 154 valence electrons. The molecule has 0 amide bonds. The molecule has 0 spiro atoms. The van der Waals surface area contributed by atoms with Crippen LogP contribution < -0.4 is 10.6 Å². The van der Waals surface area contributed by atoms with E-state index in [1.165, 1.54) is 17.3 Å². The summed E-state index contributed by atoms with van der Waals surface area (Å²) in [7, 11) is 1.76. The number of guanidine groups is 1. The van der Waals surface area contributed by atoms with Crippen molar-refractivity contribution in [2.24, 2.45) is 4.99 Å². The smallest absolute Gasteiger partial charge is 0.191 e. The molecule has 5 nitrogen and oxygen atoms in total. The Hall–Kier alpha value is -1.29. The van der Waals surface area contributed by atoms with Crippen molar-refractivity contribution in [3.63, 3.8) is 0 Å². The van der Waals surface area contributed by atoms with E-state index in [-0.39, 0.29) is 29.8 Å². The molecule has 3 rings (SSSR count). The van der Waals surface area contributed by atoms with Gasteiger partial charge in [-0.1, -0.05) is 0 Å².